The molecule has 0 atom stereocenters. The number of aromatic nitrogens is 4. The Morgan fingerprint density at radius 3 is 2.95 bits per heavy atom. The number of thiophene rings is 2. The quantitative estimate of drug-likeness (QED) is 0.499. The summed E-state index contributed by atoms with van der Waals surface area (Å²) < 4.78 is 4.48. The lowest BCUT2D eigenvalue weighted by molar-refractivity contribution is 0.991. The van der Waals surface area contributed by atoms with Crippen LogP contribution in [0, 0.1) is 6.92 Å². The molecule has 0 N–H and O–H groups in total. The monoisotopic (exact) mass is 306 g/mol. The van der Waals surface area contributed by atoms with Gasteiger partial charge in [-0.25, -0.2) is 4.98 Å². The normalized spacial score (nSPS) is 11.7. The number of fused-ring (bicyclic) bond motifs is 2. The van der Waals surface area contributed by atoms with Gasteiger partial charge >= 0.3 is 0 Å². The largest absolute Gasteiger partial charge is 0.262 e. The van der Waals surface area contributed by atoms with Crippen molar-refractivity contribution in [1.29, 1.82) is 0 Å². The molecular weight excluding hydrogens is 300 g/mol. The summed E-state index contributed by atoms with van der Waals surface area (Å²) in [6, 6.07) is 6.00. The Kier molecular flexibility index (Phi) is 2.38. The maximum absolute atomic E-state index is 5.94. The van der Waals surface area contributed by atoms with Crippen molar-refractivity contribution in [2.75, 3.05) is 0 Å². The third-order valence-electron chi connectivity index (χ3n) is 2.89. The van der Waals surface area contributed by atoms with Crippen LogP contribution in [0.5, 0.6) is 0 Å². The minimum atomic E-state index is 0.441. The summed E-state index contributed by atoms with van der Waals surface area (Å²) in [7, 11) is 0. The summed E-state index contributed by atoms with van der Waals surface area (Å²) in [5, 5.41) is 11.0. The van der Waals surface area contributed by atoms with E-state index in [9.17, 15) is 0 Å². The van der Waals surface area contributed by atoms with Crippen molar-refractivity contribution in [2.24, 2.45) is 0 Å². The van der Waals surface area contributed by atoms with Crippen molar-refractivity contribution in [3.05, 3.63) is 34.6 Å². The second-order valence-electron chi connectivity index (χ2n) is 4.10. The molecule has 0 saturated carbocycles. The zero-order chi connectivity index (χ0) is 13.0. The van der Waals surface area contributed by atoms with Crippen molar-refractivity contribution in [2.45, 2.75) is 6.92 Å². The van der Waals surface area contributed by atoms with Crippen molar-refractivity contribution in [3.63, 3.8) is 0 Å². The van der Waals surface area contributed by atoms with Crippen LogP contribution in [0.4, 0.5) is 0 Å². The van der Waals surface area contributed by atoms with Crippen molar-refractivity contribution >= 4 is 49.3 Å². The average Bonchev–Trinajstić information content (AvgIpc) is 2.98. The molecule has 0 aliphatic rings. The fraction of sp³-hybridized carbons (Fsp3) is 0.0833. The molecule has 0 fully saturated rings. The Balaban J connectivity index is 2.03. The summed E-state index contributed by atoms with van der Waals surface area (Å²) in [5.41, 5.74) is 0.726. The fourth-order valence-electron chi connectivity index (χ4n) is 2.09. The van der Waals surface area contributed by atoms with E-state index in [1.807, 2.05) is 11.3 Å². The number of nitrogens with zero attached hydrogens (tertiary/aromatic N) is 4. The minimum Gasteiger partial charge on any atom is -0.262 e. The van der Waals surface area contributed by atoms with Crippen LogP contribution in [0.3, 0.4) is 0 Å². The molecule has 0 saturated heterocycles. The Hall–Kier alpha value is -1.50. The van der Waals surface area contributed by atoms with Crippen LogP contribution >= 0.6 is 34.3 Å². The molecule has 7 heteroatoms. The molecule has 0 aromatic carbocycles. The van der Waals surface area contributed by atoms with Gasteiger partial charge < -0.3 is 0 Å². The van der Waals surface area contributed by atoms with E-state index >= 15 is 0 Å². The van der Waals surface area contributed by atoms with E-state index < -0.39 is 0 Å². The lowest BCUT2D eigenvalue weighted by Gasteiger charge is -2.01. The van der Waals surface area contributed by atoms with E-state index in [1.54, 1.807) is 28.7 Å². The zero-order valence-electron chi connectivity index (χ0n) is 9.79. The second kappa shape index (κ2) is 4.00. The molecule has 0 radical (unpaired) electrons. The molecule has 0 bridgehead atoms. The second-order valence-corrected chi connectivity index (χ2v) is 6.52. The Morgan fingerprint density at radius 1 is 1.21 bits per heavy atom. The number of hydrogen-bond acceptors (Lipinski definition) is 5. The highest BCUT2D eigenvalue weighted by Gasteiger charge is 2.14. The van der Waals surface area contributed by atoms with Crippen LogP contribution in [0.15, 0.2) is 23.6 Å². The van der Waals surface area contributed by atoms with Crippen LogP contribution in [0.25, 0.3) is 25.7 Å². The molecule has 4 aromatic heterocycles. The molecule has 4 rings (SSSR count). The summed E-state index contributed by atoms with van der Waals surface area (Å²) in [4.78, 5) is 5.36. The highest BCUT2D eigenvalue weighted by atomic mass is 35.5. The highest BCUT2D eigenvalue weighted by molar-refractivity contribution is 7.28. The SMILES string of the molecule is Cc1nc(Cl)cc2nnc(-c3cc4sccc4s3)n12. The van der Waals surface area contributed by atoms with Gasteiger partial charge in [-0.05, 0) is 24.4 Å². The van der Waals surface area contributed by atoms with Crippen molar-refractivity contribution < 1.29 is 0 Å². The first kappa shape index (κ1) is 11.3. The first-order valence-electron chi connectivity index (χ1n) is 5.58. The number of rotatable bonds is 1. The van der Waals surface area contributed by atoms with E-state index in [2.05, 4.69) is 32.7 Å². The first-order chi connectivity index (χ1) is 9.22. The minimum absolute atomic E-state index is 0.441. The Labute approximate surface area is 121 Å². The summed E-state index contributed by atoms with van der Waals surface area (Å²) in [6.07, 6.45) is 0. The maximum Gasteiger partial charge on any atom is 0.179 e. The predicted octanol–water partition coefficient (Wildman–Crippen LogP) is 4.03. The molecule has 0 aliphatic carbocycles. The lowest BCUT2D eigenvalue weighted by Crippen LogP contribution is -1.97. The molecular formula is C12H7ClN4S2. The molecule has 0 unspecified atom stereocenters. The Bertz CT molecular complexity index is 877. The van der Waals surface area contributed by atoms with E-state index in [1.165, 1.54) is 9.40 Å². The first-order valence-corrected chi connectivity index (χ1v) is 7.65. The van der Waals surface area contributed by atoms with Crippen LogP contribution in [-0.2, 0) is 0 Å². The zero-order valence-corrected chi connectivity index (χ0v) is 12.2. The van der Waals surface area contributed by atoms with E-state index in [0.29, 0.717) is 5.15 Å². The van der Waals surface area contributed by atoms with Gasteiger partial charge in [0.25, 0.3) is 0 Å². The van der Waals surface area contributed by atoms with Gasteiger partial charge in [0.1, 0.15) is 11.0 Å². The van der Waals surface area contributed by atoms with Gasteiger partial charge in [-0.1, -0.05) is 11.6 Å². The fourth-order valence-corrected chi connectivity index (χ4v) is 4.39. The molecule has 19 heavy (non-hydrogen) atoms. The van der Waals surface area contributed by atoms with Gasteiger partial charge in [0.15, 0.2) is 11.5 Å². The smallest absolute Gasteiger partial charge is 0.179 e. The molecule has 94 valence electrons. The van der Waals surface area contributed by atoms with Crippen LogP contribution < -0.4 is 0 Å². The topological polar surface area (TPSA) is 43.1 Å². The third kappa shape index (κ3) is 1.68. The number of hydrogen-bond donors (Lipinski definition) is 0. The molecule has 4 heterocycles. The van der Waals surface area contributed by atoms with E-state index in [0.717, 1.165) is 22.2 Å². The average molecular weight is 307 g/mol. The van der Waals surface area contributed by atoms with Gasteiger partial charge in [-0.2, -0.15) is 0 Å². The van der Waals surface area contributed by atoms with Gasteiger partial charge in [0, 0.05) is 15.5 Å². The Morgan fingerprint density at radius 2 is 2.11 bits per heavy atom. The van der Waals surface area contributed by atoms with Gasteiger partial charge in [-0.3, -0.25) is 4.40 Å². The van der Waals surface area contributed by atoms with Crippen molar-refractivity contribution in [3.8, 4) is 10.7 Å². The van der Waals surface area contributed by atoms with E-state index in [-0.39, 0.29) is 0 Å². The van der Waals surface area contributed by atoms with Crippen LogP contribution in [-0.4, -0.2) is 19.6 Å². The maximum atomic E-state index is 5.94. The third-order valence-corrected chi connectivity index (χ3v) is 5.17. The molecule has 0 aliphatic heterocycles. The lowest BCUT2D eigenvalue weighted by atomic mass is 10.4. The van der Waals surface area contributed by atoms with Gasteiger partial charge in [0.05, 0.1) is 4.88 Å². The van der Waals surface area contributed by atoms with E-state index in [4.69, 9.17) is 11.6 Å². The number of halogens is 1. The van der Waals surface area contributed by atoms with Crippen LogP contribution in [0.1, 0.15) is 5.82 Å². The highest BCUT2D eigenvalue weighted by Crippen LogP contribution is 2.35. The summed E-state index contributed by atoms with van der Waals surface area (Å²) >= 11 is 9.39. The standard InChI is InChI=1S/C12H7ClN4S2/c1-6-14-10(13)5-11-15-16-12(17(6)11)9-4-8-7(19-9)2-3-18-8/h2-5H,1H3. The summed E-state index contributed by atoms with van der Waals surface area (Å²) in [5.74, 6) is 1.62. The van der Waals surface area contributed by atoms with Crippen molar-refractivity contribution in [1.82, 2.24) is 19.6 Å². The molecule has 0 spiro atoms. The van der Waals surface area contributed by atoms with Gasteiger partial charge in [0.2, 0.25) is 0 Å². The van der Waals surface area contributed by atoms with Gasteiger partial charge in [-0.15, -0.1) is 32.9 Å². The van der Waals surface area contributed by atoms with Crippen LogP contribution in [0.2, 0.25) is 5.15 Å². The molecule has 4 aromatic rings. The number of aryl methyl sites for hydroxylation is 1. The predicted molar refractivity (Wildman–Crippen MR) is 79.2 cm³/mol. The summed E-state index contributed by atoms with van der Waals surface area (Å²) in [6.45, 7) is 1.90. The molecule has 4 nitrogen and oxygen atoms in total. The molecule has 0 amide bonds.